The SMILES string of the molecule is Cc1ccc(C(C)(O)CNCc2csc(-c3ccc(F)cc3)n2)o1. The molecule has 4 nitrogen and oxygen atoms in total. The normalized spacial score (nSPS) is 13.8. The third kappa shape index (κ3) is 3.90. The zero-order valence-corrected chi connectivity index (χ0v) is 14.4. The van der Waals surface area contributed by atoms with Crippen molar-refractivity contribution in [1.29, 1.82) is 0 Å². The van der Waals surface area contributed by atoms with Gasteiger partial charge in [-0.15, -0.1) is 11.3 Å². The number of hydrogen-bond donors (Lipinski definition) is 2. The first-order chi connectivity index (χ1) is 11.4. The molecule has 0 spiro atoms. The van der Waals surface area contributed by atoms with Gasteiger partial charge in [0.2, 0.25) is 0 Å². The lowest BCUT2D eigenvalue weighted by Crippen LogP contribution is -2.34. The highest BCUT2D eigenvalue weighted by Gasteiger charge is 2.26. The van der Waals surface area contributed by atoms with Gasteiger partial charge < -0.3 is 14.8 Å². The molecule has 2 N–H and O–H groups in total. The molecule has 3 rings (SSSR count). The van der Waals surface area contributed by atoms with Crippen LogP contribution in [0.3, 0.4) is 0 Å². The number of hydrogen-bond acceptors (Lipinski definition) is 5. The van der Waals surface area contributed by atoms with E-state index in [1.54, 1.807) is 25.1 Å². The highest BCUT2D eigenvalue weighted by atomic mass is 32.1. The standard InChI is InChI=1S/C18H19FN2O2S/c1-12-3-8-16(23-12)18(2,22)11-20-9-15-10-24-17(21-15)13-4-6-14(19)7-5-13/h3-8,10,20,22H,9,11H2,1-2H3. The molecule has 0 aliphatic rings. The van der Waals surface area contributed by atoms with Gasteiger partial charge in [0.05, 0.1) is 5.69 Å². The minimum absolute atomic E-state index is 0.257. The summed E-state index contributed by atoms with van der Waals surface area (Å²) >= 11 is 1.51. The fourth-order valence-corrected chi connectivity index (χ4v) is 3.18. The monoisotopic (exact) mass is 346 g/mol. The maximum Gasteiger partial charge on any atom is 0.136 e. The van der Waals surface area contributed by atoms with Crippen LogP contribution in [0.15, 0.2) is 46.2 Å². The molecule has 0 aliphatic heterocycles. The minimum Gasteiger partial charge on any atom is -0.463 e. The van der Waals surface area contributed by atoms with Crippen molar-refractivity contribution in [3.63, 3.8) is 0 Å². The number of rotatable bonds is 6. The smallest absolute Gasteiger partial charge is 0.136 e. The minimum atomic E-state index is -1.08. The molecule has 0 radical (unpaired) electrons. The summed E-state index contributed by atoms with van der Waals surface area (Å²) in [5.74, 6) is 1.05. The van der Waals surface area contributed by atoms with Crippen molar-refractivity contribution >= 4 is 11.3 Å². The zero-order chi connectivity index (χ0) is 17.2. The van der Waals surface area contributed by atoms with Crippen LogP contribution in [-0.2, 0) is 12.1 Å². The Morgan fingerprint density at radius 1 is 1.25 bits per heavy atom. The number of nitrogens with zero attached hydrogens (tertiary/aromatic N) is 1. The largest absolute Gasteiger partial charge is 0.463 e. The summed E-state index contributed by atoms with van der Waals surface area (Å²) in [6.45, 7) is 4.44. The van der Waals surface area contributed by atoms with Crippen molar-refractivity contribution in [2.75, 3.05) is 6.54 Å². The zero-order valence-electron chi connectivity index (χ0n) is 13.5. The van der Waals surface area contributed by atoms with Gasteiger partial charge in [-0.05, 0) is 50.2 Å². The Balaban J connectivity index is 1.58. The predicted molar refractivity (Wildman–Crippen MR) is 92.2 cm³/mol. The molecule has 126 valence electrons. The van der Waals surface area contributed by atoms with Gasteiger partial charge in [-0.25, -0.2) is 9.37 Å². The molecule has 0 amide bonds. The molecular weight excluding hydrogens is 327 g/mol. The Kier molecular flexibility index (Phi) is 4.80. The topological polar surface area (TPSA) is 58.3 Å². The molecule has 0 saturated heterocycles. The molecule has 1 aromatic carbocycles. The van der Waals surface area contributed by atoms with E-state index in [1.807, 2.05) is 18.4 Å². The second-order valence-corrected chi connectivity index (χ2v) is 6.80. The van der Waals surface area contributed by atoms with E-state index in [-0.39, 0.29) is 5.82 Å². The molecule has 0 bridgehead atoms. The Morgan fingerprint density at radius 3 is 2.67 bits per heavy atom. The van der Waals surface area contributed by atoms with Crippen LogP contribution in [0.25, 0.3) is 10.6 Å². The number of thiazole rings is 1. The average Bonchev–Trinajstić information content (AvgIpc) is 3.17. The summed E-state index contributed by atoms with van der Waals surface area (Å²) < 4.78 is 18.5. The van der Waals surface area contributed by atoms with E-state index in [0.717, 1.165) is 22.0 Å². The van der Waals surface area contributed by atoms with Gasteiger partial charge in [0.25, 0.3) is 0 Å². The quantitative estimate of drug-likeness (QED) is 0.712. The predicted octanol–water partition coefficient (Wildman–Crippen LogP) is 3.85. The molecule has 0 saturated carbocycles. The molecule has 24 heavy (non-hydrogen) atoms. The van der Waals surface area contributed by atoms with Crippen molar-refractivity contribution in [2.45, 2.75) is 26.0 Å². The highest BCUT2D eigenvalue weighted by Crippen LogP contribution is 2.25. The third-order valence-corrected chi connectivity index (χ3v) is 4.63. The van der Waals surface area contributed by atoms with E-state index in [0.29, 0.717) is 18.8 Å². The Hall–Kier alpha value is -2.02. The van der Waals surface area contributed by atoms with Gasteiger partial charge >= 0.3 is 0 Å². The van der Waals surface area contributed by atoms with Crippen molar-refractivity contribution < 1.29 is 13.9 Å². The highest BCUT2D eigenvalue weighted by molar-refractivity contribution is 7.13. The number of halogens is 1. The summed E-state index contributed by atoms with van der Waals surface area (Å²) in [4.78, 5) is 4.54. The summed E-state index contributed by atoms with van der Waals surface area (Å²) in [5.41, 5.74) is 0.695. The number of aliphatic hydroxyl groups is 1. The van der Waals surface area contributed by atoms with Gasteiger partial charge in [-0.1, -0.05) is 0 Å². The molecule has 6 heteroatoms. The van der Waals surface area contributed by atoms with Gasteiger partial charge in [0, 0.05) is 24.0 Å². The van der Waals surface area contributed by atoms with Crippen LogP contribution < -0.4 is 5.32 Å². The second-order valence-electron chi connectivity index (χ2n) is 5.94. The second kappa shape index (κ2) is 6.84. The number of furan rings is 1. The molecule has 1 atom stereocenters. The fraction of sp³-hybridized carbons (Fsp3) is 0.278. The Labute approximate surface area is 144 Å². The average molecular weight is 346 g/mol. The van der Waals surface area contributed by atoms with Crippen LogP contribution in [0.2, 0.25) is 0 Å². The van der Waals surface area contributed by atoms with E-state index >= 15 is 0 Å². The van der Waals surface area contributed by atoms with E-state index < -0.39 is 5.60 Å². The fourth-order valence-electron chi connectivity index (χ4n) is 2.36. The van der Waals surface area contributed by atoms with Crippen LogP contribution in [0, 0.1) is 12.7 Å². The lowest BCUT2D eigenvalue weighted by Gasteiger charge is -2.21. The number of aryl methyl sites for hydroxylation is 1. The van der Waals surface area contributed by atoms with Crippen LogP contribution in [0.5, 0.6) is 0 Å². The van der Waals surface area contributed by atoms with Gasteiger partial charge in [-0.2, -0.15) is 0 Å². The third-order valence-electron chi connectivity index (χ3n) is 3.69. The Morgan fingerprint density at radius 2 is 2.00 bits per heavy atom. The molecule has 0 fully saturated rings. The van der Waals surface area contributed by atoms with E-state index in [2.05, 4.69) is 10.3 Å². The van der Waals surface area contributed by atoms with E-state index in [1.165, 1.54) is 23.5 Å². The molecular formula is C18H19FN2O2S. The van der Waals surface area contributed by atoms with Crippen LogP contribution in [0.4, 0.5) is 4.39 Å². The molecule has 2 heterocycles. The van der Waals surface area contributed by atoms with Crippen LogP contribution in [-0.4, -0.2) is 16.6 Å². The van der Waals surface area contributed by atoms with Gasteiger partial charge in [0.1, 0.15) is 27.9 Å². The first-order valence-electron chi connectivity index (χ1n) is 7.64. The summed E-state index contributed by atoms with van der Waals surface area (Å²) in [5, 5.41) is 16.5. The maximum atomic E-state index is 13.0. The van der Waals surface area contributed by atoms with Crippen LogP contribution >= 0.6 is 11.3 Å². The summed E-state index contributed by atoms with van der Waals surface area (Å²) in [6.07, 6.45) is 0. The van der Waals surface area contributed by atoms with Crippen molar-refractivity contribution in [3.8, 4) is 10.6 Å². The first kappa shape index (κ1) is 16.8. The van der Waals surface area contributed by atoms with E-state index in [4.69, 9.17) is 4.42 Å². The number of nitrogens with one attached hydrogen (secondary N) is 1. The lowest BCUT2D eigenvalue weighted by atomic mass is 10.0. The summed E-state index contributed by atoms with van der Waals surface area (Å²) in [7, 11) is 0. The molecule has 1 unspecified atom stereocenters. The molecule has 0 aliphatic carbocycles. The van der Waals surface area contributed by atoms with Crippen LogP contribution in [0.1, 0.15) is 24.1 Å². The maximum absolute atomic E-state index is 13.0. The molecule has 2 aromatic heterocycles. The Bertz CT molecular complexity index is 809. The van der Waals surface area contributed by atoms with Gasteiger partial charge in [-0.3, -0.25) is 0 Å². The van der Waals surface area contributed by atoms with E-state index in [9.17, 15) is 9.50 Å². The molecule has 3 aromatic rings. The first-order valence-corrected chi connectivity index (χ1v) is 8.52. The summed E-state index contributed by atoms with van der Waals surface area (Å²) in [6, 6.07) is 9.91. The van der Waals surface area contributed by atoms with Crippen molar-refractivity contribution in [2.24, 2.45) is 0 Å². The van der Waals surface area contributed by atoms with Gasteiger partial charge in [0.15, 0.2) is 0 Å². The van der Waals surface area contributed by atoms with Crippen molar-refractivity contribution in [1.82, 2.24) is 10.3 Å². The number of aromatic nitrogens is 1. The lowest BCUT2D eigenvalue weighted by molar-refractivity contribution is 0.0332. The van der Waals surface area contributed by atoms with Crippen molar-refractivity contribution in [3.05, 3.63) is 64.8 Å². The number of benzene rings is 1.